The molecule has 1 saturated heterocycles. The fourth-order valence-electron chi connectivity index (χ4n) is 3.71. The minimum Gasteiger partial charge on any atom is -0.305 e. The third kappa shape index (κ3) is 2.70. The highest BCUT2D eigenvalue weighted by Crippen LogP contribution is 2.33. The molecule has 2 aliphatic heterocycles. The zero-order chi connectivity index (χ0) is 17.6. The van der Waals surface area contributed by atoms with Crippen LogP contribution in [0.1, 0.15) is 29.3 Å². The van der Waals surface area contributed by atoms with Gasteiger partial charge < -0.3 is 4.90 Å². The number of carbonyl (C=O) groups excluding carboxylic acids is 1. The lowest BCUT2D eigenvalue weighted by Crippen LogP contribution is -2.35. The lowest BCUT2D eigenvalue weighted by Gasteiger charge is -2.23. The van der Waals surface area contributed by atoms with Crippen LogP contribution in [0.15, 0.2) is 48.5 Å². The van der Waals surface area contributed by atoms with Crippen LogP contribution >= 0.6 is 0 Å². The Kier molecular flexibility index (Phi) is 3.80. The van der Waals surface area contributed by atoms with Gasteiger partial charge in [-0.15, -0.1) is 0 Å². The maximum atomic E-state index is 13.0. The van der Waals surface area contributed by atoms with E-state index in [0.29, 0.717) is 24.2 Å². The summed E-state index contributed by atoms with van der Waals surface area (Å²) in [6, 6.07) is 15.0. The lowest BCUT2D eigenvalue weighted by atomic mass is 10.1. The molecule has 0 bridgehead atoms. The van der Waals surface area contributed by atoms with E-state index in [2.05, 4.69) is 6.07 Å². The van der Waals surface area contributed by atoms with Crippen molar-refractivity contribution in [3.8, 4) is 0 Å². The van der Waals surface area contributed by atoms with E-state index >= 15 is 0 Å². The zero-order valence-corrected chi connectivity index (χ0v) is 14.9. The number of hydrogen-bond acceptors (Lipinski definition) is 3. The van der Waals surface area contributed by atoms with Crippen LogP contribution in [0.3, 0.4) is 0 Å². The maximum absolute atomic E-state index is 13.0. The quantitative estimate of drug-likeness (QED) is 0.831. The zero-order valence-electron chi connectivity index (χ0n) is 14.1. The first-order chi connectivity index (χ1) is 12.0. The molecule has 1 fully saturated rings. The van der Waals surface area contributed by atoms with Crippen molar-refractivity contribution in [3.63, 3.8) is 0 Å². The second kappa shape index (κ2) is 5.88. The summed E-state index contributed by atoms with van der Waals surface area (Å²) in [4.78, 5) is 14.8. The van der Waals surface area contributed by atoms with Crippen LogP contribution < -0.4 is 9.21 Å². The van der Waals surface area contributed by atoms with Crippen molar-refractivity contribution in [2.75, 3.05) is 21.5 Å². The van der Waals surface area contributed by atoms with Crippen LogP contribution in [-0.2, 0) is 16.4 Å². The van der Waals surface area contributed by atoms with Gasteiger partial charge in [-0.25, -0.2) is 8.42 Å². The minimum atomic E-state index is -3.20. The highest BCUT2D eigenvalue weighted by Gasteiger charge is 2.32. The fourth-order valence-corrected chi connectivity index (χ4v) is 5.28. The molecule has 0 aromatic heterocycles. The molecule has 2 aliphatic rings. The molecular weight excluding hydrogens is 336 g/mol. The molecule has 25 heavy (non-hydrogen) atoms. The molecule has 130 valence electrons. The van der Waals surface area contributed by atoms with Crippen molar-refractivity contribution in [2.45, 2.75) is 25.8 Å². The molecule has 1 atom stereocenters. The average molecular weight is 356 g/mol. The predicted octanol–water partition coefficient (Wildman–Crippen LogP) is 2.82. The monoisotopic (exact) mass is 356 g/mol. The Morgan fingerprint density at radius 1 is 1.08 bits per heavy atom. The van der Waals surface area contributed by atoms with Crippen molar-refractivity contribution >= 4 is 27.3 Å². The van der Waals surface area contributed by atoms with Gasteiger partial charge in [-0.1, -0.05) is 18.2 Å². The molecule has 2 heterocycles. The Labute approximate surface area is 147 Å². The number of para-hydroxylation sites is 1. The van der Waals surface area contributed by atoms with Gasteiger partial charge in [0.05, 0.1) is 11.4 Å². The van der Waals surface area contributed by atoms with Crippen molar-refractivity contribution in [2.24, 2.45) is 0 Å². The molecule has 2 aromatic rings. The Bertz CT molecular complexity index is 922. The summed E-state index contributed by atoms with van der Waals surface area (Å²) in [5, 5.41) is 0. The Morgan fingerprint density at radius 2 is 1.80 bits per heavy atom. The summed E-state index contributed by atoms with van der Waals surface area (Å²) in [6.07, 6.45) is 1.50. The second-order valence-electron chi connectivity index (χ2n) is 6.65. The summed E-state index contributed by atoms with van der Waals surface area (Å²) >= 11 is 0. The summed E-state index contributed by atoms with van der Waals surface area (Å²) in [6.45, 7) is 2.55. The number of sulfonamides is 1. The summed E-state index contributed by atoms with van der Waals surface area (Å²) < 4.78 is 25.5. The standard InChI is InChI=1S/C19H20N2O3S/c1-14-13-16-5-2-3-6-18(16)21(14)19(22)15-7-9-17(10-8-15)20-11-4-12-25(20,23)24/h2-3,5-10,14H,4,11-13H2,1H3/t14-/m0/s1. The largest absolute Gasteiger partial charge is 0.305 e. The second-order valence-corrected chi connectivity index (χ2v) is 8.66. The number of fused-ring (bicyclic) bond motifs is 1. The molecule has 0 N–H and O–H groups in total. The van der Waals surface area contributed by atoms with Crippen LogP contribution in [0, 0.1) is 0 Å². The van der Waals surface area contributed by atoms with E-state index < -0.39 is 10.0 Å². The van der Waals surface area contributed by atoms with Crippen molar-refractivity contribution in [3.05, 3.63) is 59.7 Å². The predicted molar refractivity (Wildman–Crippen MR) is 98.6 cm³/mol. The molecule has 4 rings (SSSR count). The highest BCUT2D eigenvalue weighted by molar-refractivity contribution is 7.93. The van der Waals surface area contributed by atoms with Crippen LogP contribution in [0.5, 0.6) is 0 Å². The van der Waals surface area contributed by atoms with Crippen LogP contribution in [0.4, 0.5) is 11.4 Å². The maximum Gasteiger partial charge on any atom is 0.258 e. The first-order valence-corrected chi connectivity index (χ1v) is 10.1. The van der Waals surface area contributed by atoms with Gasteiger partial charge in [0.25, 0.3) is 5.91 Å². The SMILES string of the molecule is C[C@H]1Cc2ccccc2N1C(=O)c1ccc(N2CCCS2(=O)=O)cc1. The topological polar surface area (TPSA) is 57.7 Å². The molecule has 0 saturated carbocycles. The van der Waals surface area contributed by atoms with E-state index in [9.17, 15) is 13.2 Å². The average Bonchev–Trinajstić information content (AvgIpc) is 3.12. The van der Waals surface area contributed by atoms with Crippen molar-refractivity contribution in [1.29, 1.82) is 0 Å². The van der Waals surface area contributed by atoms with E-state index in [-0.39, 0.29) is 17.7 Å². The molecule has 0 radical (unpaired) electrons. The summed E-state index contributed by atoms with van der Waals surface area (Å²) in [7, 11) is -3.20. The molecule has 6 heteroatoms. The number of carbonyl (C=O) groups is 1. The van der Waals surface area contributed by atoms with E-state index in [4.69, 9.17) is 0 Å². The number of nitrogens with zero attached hydrogens (tertiary/aromatic N) is 2. The Balaban J connectivity index is 1.62. The van der Waals surface area contributed by atoms with Crippen LogP contribution in [0.2, 0.25) is 0 Å². The van der Waals surface area contributed by atoms with Gasteiger partial charge in [-0.2, -0.15) is 0 Å². The van der Waals surface area contributed by atoms with Gasteiger partial charge in [-0.05, 0) is 55.7 Å². The molecule has 2 aromatic carbocycles. The molecular formula is C19H20N2O3S. The summed E-state index contributed by atoms with van der Waals surface area (Å²) in [5.74, 6) is 0.142. The number of rotatable bonds is 2. The first kappa shape index (κ1) is 16.1. The first-order valence-electron chi connectivity index (χ1n) is 8.49. The van der Waals surface area contributed by atoms with Gasteiger partial charge in [0.1, 0.15) is 0 Å². The molecule has 0 spiro atoms. The molecule has 5 nitrogen and oxygen atoms in total. The van der Waals surface area contributed by atoms with Gasteiger partial charge in [0.2, 0.25) is 10.0 Å². The molecule has 0 unspecified atom stereocenters. The van der Waals surface area contributed by atoms with Gasteiger partial charge >= 0.3 is 0 Å². The highest BCUT2D eigenvalue weighted by atomic mass is 32.2. The van der Waals surface area contributed by atoms with Crippen LogP contribution in [0.25, 0.3) is 0 Å². The normalized spacial score (nSPS) is 21.4. The third-order valence-electron chi connectivity index (χ3n) is 4.93. The molecule has 0 aliphatic carbocycles. The Hall–Kier alpha value is -2.34. The molecule has 1 amide bonds. The smallest absolute Gasteiger partial charge is 0.258 e. The fraction of sp³-hybridized carbons (Fsp3) is 0.316. The van der Waals surface area contributed by atoms with Gasteiger partial charge in [0.15, 0.2) is 0 Å². The van der Waals surface area contributed by atoms with Gasteiger partial charge in [0, 0.05) is 23.8 Å². The third-order valence-corrected chi connectivity index (χ3v) is 6.80. The number of benzene rings is 2. The van der Waals surface area contributed by atoms with E-state index in [1.54, 1.807) is 24.3 Å². The minimum absolute atomic E-state index is 0.0479. The lowest BCUT2D eigenvalue weighted by molar-refractivity contribution is 0.0981. The number of amides is 1. The van der Waals surface area contributed by atoms with Gasteiger partial charge in [-0.3, -0.25) is 9.10 Å². The Morgan fingerprint density at radius 3 is 2.48 bits per heavy atom. The van der Waals surface area contributed by atoms with Crippen molar-refractivity contribution in [1.82, 2.24) is 0 Å². The van der Waals surface area contributed by atoms with Crippen LogP contribution in [-0.4, -0.2) is 32.7 Å². The number of hydrogen-bond donors (Lipinski definition) is 0. The summed E-state index contributed by atoms with van der Waals surface area (Å²) in [5.41, 5.74) is 3.35. The number of anilines is 2. The van der Waals surface area contributed by atoms with E-state index in [0.717, 1.165) is 12.1 Å². The van der Waals surface area contributed by atoms with E-state index in [1.807, 2.05) is 30.0 Å². The van der Waals surface area contributed by atoms with E-state index in [1.165, 1.54) is 9.87 Å². The van der Waals surface area contributed by atoms with Crippen molar-refractivity contribution < 1.29 is 13.2 Å².